The molecule has 7 nitrogen and oxygen atoms in total. The molecule has 0 bridgehead atoms. The van der Waals surface area contributed by atoms with Gasteiger partial charge in [0.2, 0.25) is 0 Å². The number of nitro groups is 1. The number of nitrogens with zero attached hydrogens (tertiary/aromatic N) is 2. The number of imidazole rings is 1. The number of rotatable bonds is 3. The smallest absolute Gasteiger partial charge is 0.271 e. The van der Waals surface area contributed by atoms with E-state index in [0.717, 1.165) is 0 Å². The summed E-state index contributed by atoms with van der Waals surface area (Å²) in [6, 6.07) is 6.97. The average Bonchev–Trinajstić information content (AvgIpc) is 2.88. The molecule has 0 fully saturated rings. The summed E-state index contributed by atoms with van der Waals surface area (Å²) in [7, 11) is 0. The van der Waals surface area contributed by atoms with Crippen LogP contribution in [-0.2, 0) is 0 Å². The molecule has 2 aromatic carbocycles. The molecule has 0 unspecified atom stereocenters. The monoisotopic (exact) mass is 364 g/mol. The number of amides is 1. The highest BCUT2D eigenvalue weighted by molar-refractivity contribution is 6.34. The van der Waals surface area contributed by atoms with Gasteiger partial charge in [-0.15, -0.1) is 0 Å². The van der Waals surface area contributed by atoms with Gasteiger partial charge < -0.3 is 10.3 Å². The van der Waals surface area contributed by atoms with Crippen molar-refractivity contribution in [1.29, 1.82) is 0 Å². The molecule has 24 heavy (non-hydrogen) atoms. The second kappa shape index (κ2) is 6.10. The second-order valence-corrected chi connectivity index (χ2v) is 5.89. The molecule has 2 N–H and O–H groups in total. The van der Waals surface area contributed by atoms with Crippen molar-refractivity contribution in [3.05, 3.63) is 61.9 Å². The summed E-state index contributed by atoms with van der Waals surface area (Å²) in [6.07, 6.45) is 0. The fraction of sp³-hybridized carbons (Fsp3) is 0.0667. The Morgan fingerprint density at radius 2 is 2.04 bits per heavy atom. The zero-order chi connectivity index (χ0) is 17.4. The van der Waals surface area contributed by atoms with Crippen LogP contribution >= 0.6 is 23.2 Å². The summed E-state index contributed by atoms with van der Waals surface area (Å²) < 4.78 is 0. The molecule has 0 saturated heterocycles. The van der Waals surface area contributed by atoms with Crippen molar-refractivity contribution in [3.63, 3.8) is 0 Å². The summed E-state index contributed by atoms with van der Waals surface area (Å²) in [4.78, 5) is 30.0. The van der Waals surface area contributed by atoms with Gasteiger partial charge in [0.25, 0.3) is 11.6 Å². The lowest BCUT2D eigenvalue weighted by atomic mass is 10.1. The SMILES string of the molecule is Cc1nc2c(C(=O)Nc3ccc([N+](=O)[O-])cc3Cl)cc(Cl)cc2[nH]1. The zero-order valence-corrected chi connectivity index (χ0v) is 13.8. The normalized spacial score (nSPS) is 10.8. The number of non-ortho nitro benzene ring substituents is 1. The molecule has 122 valence electrons. The van der Waals surface area contributed by atoms with Crippen molar-refractivity contribution in [2.24, 2.45) is 0 Å². The van der Waals surface area contributed by atoms with E-state index in [0.29, 0.717) is 21.9 Å². The van der Waals surface area contributed by atoms with Gasteiger partial charge in [0, 0.05) is 17.2 Å². The van der Waals surface area contributed by atoms with Crippen LogP contribution in [0.1, 0.15) is 16.2 Å². The fourth-order valence-electron chi connectivity index (χ4n) is 2.29. The van der Waals surface area contributed by atoms with Crippen molar-refractivity contribution in [3.8, 4) is 0 Å². The number of aromatic amines is 1. The molecule has 0 aliphatic heterocycles. The molecule has 0 atom stereocenters. The van der Waals surface area contributed by atoms with E-state index in [2.05, 4.69) is 15.3 Å². The third kappa shape index (κ3) is 3.04. The van der Waals surface area contributed by atoms with Crippen molar-refractivity contribution in [2.45, 2.75) is 6.92 Å². The number of carbonyl (C=O) groups is 1. The minimum atomic E-state index is -0.565. The van der Waals surface area contributed by atoms with Gasteiger partial charge in [-0.05, 0) is 25.1 Å². The van der Waals surface area contributed by atoms with Crippen molar-refractivity contribution < 1.29 is 9.72 Å². The summed E-state index contributed by atoms with van der Waals surface area (Å²) in [5.41, 5.74) is 1.49. The Morgan fingerprint density at radius 1 is 1.29 bits per heavy atom. The molecule has 0 saturated carbocycles. The first-order valence-corrected chi connectivity index (χ1v) is 7.52. The Balaban J connectivity index is 1.97. The number of fused-ring (bicyclic) bond motifs is 1. The lowest BCUT2D eigenvalue weighted by Crippen LogP contribution is -2.13. The summed E-state index contributed by atoms with van der Waals surface area (Å²) in [6.45, 7) is 1.77. The third-order valence-corrected chi connectivity index (χ3v) is 3.86. The Labute approximate surface area is 145 Å². The summed E-state index contributed by atoms with van der Waals surface area (Å²) in [5, 5.41) is 13.8. The van der Waals surface area contributed by atoms with Crippen LogP contribution in [0.15, 0.2) is 30.3 Å². The van der Waals surface area contributed by atoms with Crippen molar-refractivity contribution in [1.82, 2.24) is 9.97 Å². The summed E-state index contributed by atoms with van der Waals surface area (Å²) >= 11 is 12.0. The first-order valence-electron chi connectivity index (χ1n) is 6.76. The van der Waals surface area contributed by atoms with E-state index < -0.39 is 10.8 Å². The molecular weight excluding hydrogens is 355 g/mol. The maximum atomic E-state index is 12.5. The van der Waals surface area contributed by atoms with Crippen LogP contribution in [0.25, 0.3) is 11.0 Å². The Morgan fingerprint density at radius 3 is 2.71 bits per heavy atom. The van der Waals surface area contributed by atoms with E-state index in [1.165, 1.54) is 24.3 Å². The Bertz CT molecular complexity index is 984. The van der Waals surface area contributed by atoms with Gasteiger partial charge in [0.15, 0.2) is 0 Å². The Kier molecular flexibility index (Phi) is 4.13. The minimum absolute atomic E-state index is 0.0639. The molecule has 0 spiro atoms. The highest BCUT2D eigenvalue weighted by Crippen LogP contribution is 2.28. The number of H-pyrrole nitrogens is 1. The molecular formula is C15H10Cl2N4O3. The van der Waals surface area contributed by atoms with Gasteiger partial charge in [-0.25, -0.2) is 4.98 Å². The van der Waals surface area contributed by atoms with Crippen LogP contribution in [0.5, 0.6) is 0 Å². The fourth-order valence-corrected chi connectivity index (χ4v) is 2.73. The van der Waals surface area contributed by atoms with Crippen LogP contribution < -0.4 is 5.32 Å². The predicted octanol–water partition coefficient (Wildman–Crippen LogP) is 4.34. The van der Waals surface area contributed by atoms with Crippen LogP contribution in [-0.4, -0.2) is 20.8 Å². The van der Waals surface area contributed by atoms with Crippen LogP contribution in [0.4, 0.5) is 11.4 Å². The largest absolute Gasteiger partial charge is 0.342 e. The van der Waals surface area contributed by atoms with Crippen molar-refractivity contribution in [2.75, 3.05) is 5.32 Å². The van der Waals surface area contributed by atoms with Gasteiger partial charge in [0.1, 0.15) is 11.3 Å². The predicted molar refractivity (Wildman–Crippen MR) is 91.9 cm³/mol. The molecule has 0 radical (unpaired) electrons. The van der Waals surface area contributed by atoms with E-state index in [1.54, 1.807) is 13.0 Å². The van der Waals surface area contributed by atoms with Crippen LogP contribution in [0.3, 0.4) is 0 Å². The van der Waals surface area contributed by atoms with Gasteiger partial charge in [-0.3, -0.25) is 14.9 Å². The highest BCUT2D eigenvalue weighted by Gasteiger charge is 2.17. The van der Waals surface area contributed by atoms with Gasteiger partial charge in [-0.1, -0.05) is 23.2 Å². The molecule has 1 aromatic heterocycles. The van der Waals surface area contributed by atoms with Crippen LogP contribution in [0, 0.1) is 17.0 Å². The van der Waals surface area contributed by atoms with E-state index >= 15 is 0 Å². The van der Waals surface area contributed by atoms with Crippen LogP contribution in [0.2, 0.25) is 10.0 Å². The number of nitrogens with one attached hydrogen (secondary N) is 2. The standard InChI is InChI=1S/C15H10Cl2N4O3/c1-7-18-13-5-8(16)4-10(14(13)19-7)15(22)20-12-3-2-9(21(23)24)6-11(12)17/h2-6H,1H3,(H,18,19)(H,20,22). The van der Waals surface area contributed by atoms with E-state index in [4.69, 9.17) is 23.2 Å². The number of anilines is 1. The number of hydrogen-bond donors (Lipinski definition) is 2. The lowest BCUT2D eigenvalue weighted by molar-refractivity contribution is -0.384. The lowest BCUT2D eigenvalue weighted by Gasteiger charge is -2.08. The van der Waals surface area contributed by atoms with Gasteiger partial charge >= 0.3 is 0 Å². The first-order chi connectivity index (χ1) is 11.3. The van der Waals surface area contributed by atoms with Gasteiger partial charge in [-0.2, -0.15) is 0 Å². The quantitative estimate of drug-likeness (QED) is 0.533. The number of nitro benzene ring substituents is 1. The molecule has 9 heteroatoms. The van der Waals surface area contributed by atoms with E-state index in [9.17, 15) is 14.9 Å². The van der Waals surface area contributed by atoms with Gasteiger partial charge in [0.05, 0.1) is 26.7 Å². The van der Waals surface area contributed by atoms with E-state index in [-0.39, 0.29) is 22.0 Å². The number of aryl methyl sites for hydroxylation is 1. The number of carbonyl (C=O) groups excluding carboxylic acids is 1. The first kappa shape index (κ1) is 16.2. The Hall–Kier alpha value is -2.64. The average molecular weight is 365 g/mol. The molecule has 0 aliphatic carbocycles. The third-order valence-electron chi connectivity index (χ3n) is 3.33. The minimum Gasteiger partial charge on any atom is -0.342 e. The molecule has 3 aromatic rings. The topological polar surface area (TPSA) is 101 Å². The number of halogens is 2. The second-order valence-electron chi connectivity index (χ2n) is 5.05. The number of hydrogen-bond acceptors (Lipinski definition) is 4. The maximum absolute atomic E-state index is 12.5. The molecule has 1 amide bonds. The maximum Gasteiger partial charge on any atom is 0.271 e. The molecule has 3 rings (SSSR count). The van der Waals surface area contributed by atoms with Crippen molar-refractivity contribution >= 4 is 51.5 Å². The number of aromatic nitrogens is 2. The summed E-state index contributed by atoms with van der Waals surface area (Å²) in [5.74, 6) is 0.180. The molecule has 0 aliphatic rings. The zero-order valence-electron chi connectivity index (χ0n) is 12.3. The van der Waals surface area contributed by atoms with E-state index in [1.807, 2.05) is 0 Å². The number of benzene rings is 2. The molecule has 1 heterocycles. The highest BCUT2D eigenvalue weighted by atomic mass is 35.5.